The van der Waals surface area contributed by atoms with E-state index in [0.717, 1.165) is 0 Å². The standard InChI is InChI=1S/C28H25ClN2O8/c1-31(2)21-20-23(34)17-14(10-11-6-8-12(29)9-7-11)13-4-3-5-15(32)16(13)22(33)18(17)25(36)28(20,39)26(37)19(24(21)35)27(30)38/h3-10,17-21,23,32,34,39H,1-2H3,(H2,30,38)/t17-,18?,19?,20-,21+,23+,28+/m0/s1. The zero-order valence-electron chi connectivity index (χ0n) is 20.9. The lowest BCUT2D eigenvalue weighted by molar-refractivity contribution is -0.192. The SMILES string of the molecule is CN(C)[C@H]1C(=O)C(C(N)=O)C(=O)[C@]2(O)C(=O)C3C(=O)c4c(O)cccc4C(=Cc4ccc(Cl)cc4)[C@@H]3[C@@H](O)[C@H]12. The number of amides is 1. The molecule has 2 fully saturated rings. The molecular formula is C28H25ClN2O8. The number of aliphatic hydroxyl groups excluding tert-OH is 1. The number of aromatic hydroxyl groups is 1. The molecule has 2 unspecified atom stereocenters. The number of aliphatic hydroxyl groups is 2. The van der Waals surface area contributed by atoms with Crippen LogP contribution in [0.3, 0.4) is 0 Å². The second-order valence-corrected chi connectivity index (χ2v) is 10.8. The van der Waals surface area contributed by atoms with Crippen molar-refractivity contribution in [1.29, 1.82) is 0 Å². The van der Waals surface area contributed by atoms with E-state index in [0.29, 0.717) is 10.6 Å². The molecule has 0 aliphatic heterocycles. The summed E-state index contributed by atoms with van der Waals surface area (Å²) >= 11 is 6.01. The number of carbonyl (C=O) groups is 5. The maximum Gasteiger partial charge on any atom is 0.235 e. The molecule has 1 amide bonds. The molecule has 0 spiro atoms. The average Bonchev–Trinajstić information content (AvgIpc) is 2.86. The predicted octanol–water partition coefficient (Wildman–Crippen LogP) is 0.489. The Morgan fingerprint density at radius 2 is 1.69 bits per heavy atom. The molecule has 3 aliphatic carbocycles. The number of likely N-dealkylation sites (N-methyl/N-ethyl adjacent to an activating group) is 1. The number of carbonyl (C=O) groups excluding carboxylic acids is 5. The minimum Gasteiger partial charge on any atom is -0.507 e. The Kier molecular flexibility index (Phi) is 6.34. The molecule has 3 aliphatic rings. The van der Waals surface area contributed by atoms with Crippen LogP contribution in [0.25, 0.3) is 11.6 Å². The molecular weight excluding hydrogens is 528 g/mol. The fraction of sp³-hybridized carbons (Fsp3) is 0.321. The first-order chi connectivity index (χ1) is 18.3. The maximum absolute atomic E-state index is 14.1. The summed E-state index contributed by atoms with van der Waals surface area (Å²) in [7, 11) is 2.87. The van der Waals surface area contributed by atoms with E-state index in [1.54, 1.807) is 36.4 Å². The van der Waals surface area contributed by atoms with E-state index in [4.69, 9.17) is 17.3 Å². The van der Waals surface area contributed by atoms with Crippen LogP contribution in [0.15, 0.2) is 42.5 Å². The van der Waals surface area contributed by atoms with Crippen LogP contribution in [-0.4, -0.2) is 81.1 Å². The van der Waals surface area contributed by atoms with Crippen molar-refractivity contribution in [2.75, 3.05) is 14.1 Å². The highest BCUT2D eigenvalue weighted by molar-refractivity contribution is 6.33. The first-order valence-corrected chi connectivity index (χ1v) is 12.5. The van der Waals surface area contributed by atoms with Crippen molar-refractivity contribution in [2.24, 2.45) is 29.4 Å². The fourth-order valence-electron chi connectivity index (χ4n) is 6.41. The Labute approximate surface area is 227 Å². The van der Waals surface area contributed by atoms with Gasteiger partial charge >= 0.3 is 0 Å². The second-order valence-electron chi connectivity index (χ2n) is 10.4. The minimum absolute atomic E-state index is 0.212. The van der Waals surface area contributed by atoms with E-state index in [9.17, 15) is 39.3 Å². The third-order valence-electron chi connectivity index (χ3n) is 8.06. The highest BCUT2D eigenvalue weighted by Crippen LogP contribution is 2.54. The number of hydrogen-bond acceptors (Lipinski definition) is 9. The van der Waals surface area contributed by atoms with Crippen LogP contribution in [0.1, 0.15) is 21.5 Å². The number of phenols is 1. The van der Waals surface area contributed by atoms with Gasteiger partial charge in [0, 0.05) is 10.9 Å². The number of fused-ring (bicyclic) bond motifs is 3. The van der Waals surface area contributed by atoms with Crippen LogP contribution in [-0.2, 0) is 19.2 Å². The van der Waals surface area contributed by atoms with E-state index in [2.05, 4.69) is 0 Å². The van der Waals surface area contributed by atoms with Crippen molar-refractivity contribution >= 4 is 52.3 Å². The molecule has 11 heteroatoms. The largest absolute Gasteiger partial charge is 0.507 e. The predicted molar refractivity (Wildman–Crippen MR) is 138 cm³/mol. The lowest BCUT2D eigenvalue weighted by atomic mass is 9.50. The summed E-state index contributed by atoms with van der Waals surface area (Å²) in [6, 6.07) is 9.43. The number of Topliss-reactive ketones (excluding diaryl/α,β-unsaturated/α-hetero) is 4. The molecule has 2 aromatic carbocycles. The van der Waals surface area contributed by atoms with Gasteiger partial charge in [0.05, 0.1) is 29.5 Å². The molecule has 0 heterocycles. The van der Waals surface area contributed by atoms with Crippen LogP contribution in [0.2, 0.25) is 5.02 Å². The van der Waals surface area contributed by atoms with E-state index in [1.165, 1.54) is 31.1 Å². The summed E-state index contributed by atoms with van der Waals surface area (Å²) in [5.74, 6) is -13.3. The van der Waals surface area contributed by atoms with Gasteiger partial charge < -0.3 is 21.1 Å². The molecule has 2 aromatic rings. The van der Waals surface area contributed by atoms with Gasteiger partial charge in [0.2, 0.25) is 5.91 Å². The van der Waals surface area contributed by atoms with Crippen LogP contribution >= 0.6 is 11.6 Å². The molecule has 5 rings (SSSR count). The van der Waals surface area contributed by atoms with Crippen molar-refractivity contribution in [3.8, 4) is 5.75 Å². The summed E-state index contributed by atoms with van der Waals surface area (Å²) in [4.78, 5) is 68.0. The molecule has 39 heavy (non-hydrogen) atoms. The number of benzene rings is 2. The first-order valence-electron chi connectivity index (χ1n) is 12.1. The van der Waals surface area contributed by atoms with Gasteiger partial charge in [0.1, 0.15) is 5.75 Å². The zero-order valence-corrected chi connectivity index (χ0v) is 21.6. The van der Waals surface area contributed by atoms with Crippen LogP contribution in [0.5, 0.6) is 5.75 Å². The highest BCUT2D eigenvalue weighted by atomic mass is 35.5. The first kappa shape index (κ1) is 26.9. The Morgan fingerprint density at radius 1 is 1.05 bits per heavy atom. The maximum atomic E-state index is 14.1. The van der Waals surface area contributed by atoms with Gasteiger partial charge in [-0.25, -0.2) is 0 Å². The molecule has 10 nitrogen and oxygen atoms in total. The Hall–Kier alpha value is -3.70. The molecule has 0 saturated heterocycles. The topological polar surface area (TPSA) is 175 Å². The van der Waals surface area contributed by atoms with Gasteiger partial charge in [-0.1, -0.05) is 41.9 Å². The zero-order chi connectivity index (χ0) is 28.5. The Balaban J connectivity index is 1.79. The van der Waals surface area contributed by atoms with Crippen LogP contribution in [0.4, 0.5) is 0 Å². The molecule has 0 bridgehead atoms. The van der Waals surface area contributed by atoms with E-state index < -0.39 is 76.2 Å². The van der Waals surface area contributed by atoms with Crippen molar-refractivity contribution in [1.82, 2.24) is 4.90 Å². The van der Waals surface area contributed by atoms with Crippen molar-refractivity contribution in [3.05, 3.63) is 64.2 Å². The molecule has 5 N–H and O–H groups in total. The summed E-state index contributed by atoms with van der Waals surface area (Å²) in [6.07, 6.45) is -0.159. The van der Waals surface area contributed by atoms with Gasteiger partial charge in [0.15, 0.2) is 34.7 Å². The molecule has 0 aromatic heterocycles. The Bertz CT molecular complexity index is 1480. The number of nitrogens with two attached hydrogens (primary N) is 1. The van der Waals surface area contributed by atoms with E-state index in [-0.39, 0.29) is 16.7 Å². The number of primary amides is 1. The lowest BCUT2D eigenvalue weighted by Gasteiger charge is -2.55. The van der Waals surface area contributed by atoms with Crippen LogP contribution < -0.4 is 5.73 Å². The smallest absolute Gasteiger partial charge is 0.235 e. The third-order valence-corrected chi connectivity index (χ3v) is 8.32. The van der Waals surface area contributed by atoms with E-state index >= 15 is 0 Å². The van der Waals surface area contributed by atoms with E-state index in [1.807, 2.05) is 0 Å². The molecule has 202 valence electrons. The number of phenolic OH excluding ortho intramolecular Hbond substituents is 1. The summed E-state index contributed by atoms with van der Waals surface area (Å²) in [5.41, 5.74) is 3.17. The normalized spacial score (nSPS) is 33.1. The summed E-state index contributed by atoms with van der Waals surface area (Å²) in [6.45, 7) is 0. The van der Waals surface area contributed by atoms with Gasteiger partial charge in [-0.05, 0) is 49.0 Å². The van der Waals surface area contributed by atoms with Gasteiger partial charge in [-0.2, -0.15) is 0 Å². The molecule has 7 atom stereocenters. The number of ketones is 4. The monoisotopic (exact) mass is 552 g/mol. The molecule has 2 saturated carbocycles. The Morgan fingerprint density at radius 3 is 2.28 bits per heavy atom. The number of nitrogens with zero attached hydrogens (tertiary/aromatic N) is 1. The van der Waals surface area contributed by atoms with Gasteiger partial charge in [0.25, 0.3) is 0 Å². The summed E-state index contributed by atoms with van der Waals surface area (Å²) < 4.78 is 0. The van der Waals surface area contributed by atoms with Crippen molar-refractivity contribution in [2.45, 2.75) is 17.7 Å². The average molecular weight is 553 g/mol. The minimum atomic E-state index is -3.06. The highest BCUT2D eigenvalue weighted by Gasteiger charge is 2.72. The fourth-order valence-corrected chi connectivity index (χ4v) is 6.53. The van der Waals surface area contributed by atoms with Gasteiger partial charge in [-0.15, -0.1) is 0 Å². The number of rotatable bonds is 3. The summed E-state index contributed by atoms with van der Waals surface area (Å²) in [5, 5.41) is 34.7. The lowest BCUT2D eigenvalue weighted by Crippen LogP contribution is -2.77. The second kappa shape index (κ2) is 9.20. The van der Waals surface area contributed by atoms with Crippen LogP contribution in [0, 0.1) is 23.7 Å². The van der Waals surface area contributed by atoms with Crippen molar-refractivity contribution in [3.63, 3.8) is 0 Å². The third kappa shape index (κ3) is 3.70. The van der Waals surface area contributed by atoms with Gasteiger partial charge in [-0.3, -0.25) is 28.9 Å². The number of halogens is 1. The molecule has 0 radical (unpaired) electrons. The van der Waals surface area contributed by atoms with Crippen molar-refractivity contribution < 1.29 is 39.3 Å². The number of hydrogen-bond donors (Lipinski definition) is 4. The quantitative estimate of drug-likeness (QED) is 0.395.